The van der Waals surface area contributed by atoms with Crippen molar-refractivity contribution in [3.8, 4) is 0 Å². The number of benzene rings is 3. The Morgan fingerprint density at radius 1 is 1.03 bits per heavy atom. The van der Waals surface area contributed by atoms with E-state index < -0.39 is 0 Å². The van der Waals surface area contributed by atoms with Gasteiger partial charge in [0.25, 0.3) is 5.69 Å². The number of carbonyl (C=O) groups is 1. The summed E-state index contributed by atoms with van der Waals surface area (Å²) < 4.78 is 0. The summed E-state index contributed by atoms with van der Waals surface area (Å²) in [6.45, 7) is 4.42. The lowest BCUT2D eigenvalue weighted by Crippen LogP contribution is -2.48. The van der Waals surface area contributed by atoms with Crippen LogP contribution in [0, 0.1) is 10.1 Å². The van der Waals surface area contributed by atoms with Crippen LogP contribution in [0.2, 0.25) is 5.02 Å². The molecule has 1 aliphatic rings. The van der Waals surface area contributed by atoms with E-state index >= 15 is 0 Å². The zero-order valence-electron chi connectivity index (χ0n) is 19.4. The van der Waals surface area contributed by atoms with Crippen molar-refractivity contribution in [2.24, 2.45) is 0 Å². The third-order valence-electron chi connectivity index (χ3n) is 6.09. The first-order chi connectivity index (χ1) is 16.9. The van der Waals surface area contributed by atoms with Crippen molar-refractivity contribution in [3.05, 3.63) is 105 Å². The van der Waals surface area contributed by atoms with Gasteiger partial charge in [0.15, 0.2) is 0 Å². The lowest BCUT2D eigenvalue weighted by molar-refractivity contribution is -0.384. The number of nitrogens with one attached hydrogen (secondary N) is 1. The predicted molar refractivity (Wildman–Crippen MR) is 141 cm³/mol. The summed E-state index contributed by atoms with van der Waals surface area (Å²) in [7, 11) is 0. The normalized spacial score (nSPS) is 14.7. The maximum atomic E-state index is 12.6. The molecule has 1 saturated heterocycles. The van der Waals surface area contributed by atoms with Crippen LogP contribution >= 0.6 is 11.6 Å². The molecular formula is C27H27ClN4O3. The van der Waals surface area contributed by atoms with Crippen LogP contribution in [0.1, 0.15) is 24.1 Å². The molecule has 4 rings (SSSR count). The Morgan fingerprint density at radius 2 is 1.71 bits per heavy atom. The first kappa shape index (κ1) is 24.3. The van der Waals surface area contributed by atoms with Gasteiger partial charge in [-0.2, -0.15) is 0 Å². The predicted octanol–water partition coefficient (Wildman–Crippen LogP) is 5.78. The lowest BCUT2D eigenvalue weighted by Gasteiger charge is -2.36. The molecule has 8 heteroatoms. The number of piperazine rings is 1. The highest BCUT2D eigenvalue weighted by Gasteiger charge is 2.23. The van der Waals surface area contributed by atoms with Gasteiger partial charge in [-0.1, -0.05) is 54.1 Å². The molecule has 0 spiro atoms. The van der Waals surface area contributed by atoms with E-state index in [-0.39, 0.29) is 22.6 Å². The van der Waals surface area contributed by atoms with E-state index in [4.69, 9.17) is 11.6 Å². The molecule has 3 aromatic rings. The molecule has 1 N–H and O–H groups in total. The van der Waals surface area contributed by atoms with E-state index in [1.165, 1.54) is 0 Å². The van der Waals surface area contributed by atoms with E-state index in [9.17, 15) is 14.9 Å². The molecule has 1 amide bonds. The zero-order chi connectivity index (χ0) is 24.8. The van der Waals surface area contributed by atoms with Crippen molar-refractivity contribution in [1.29, 1.82) is 0 Å². The number of nitro benzene ring substituents is 1. The summed E-state index contributed by atoms with van der Waals surface area (Å²) >= 11 is 5.91. The van der Waals surface area contributed by atoms with E-state index in [0.717, 1.165) is 16.8 Å². The van der Waals surface area contributed by atoms with E-state index in [2.05, 4.69) is 10.2 Å². The second-order valence-corrected chi connectivity index (χ2v) is 8.87. The molecule has 1 heterocycles. The van der Waals surface area contributed by atoms with Crippen molar-refractivity contribution < 1.29 is 9.72 Å². The molecular weight excluding hydrogens is 464 g/mol. The van der Waals surface area contributed by atoms with Crippen molar-refractivity contribution >= 4 is 40.6 Å². The minimum Gasteiger partial charge on any atom is -0.373 e. The number of carbonyl (C=O) groups excluding carboxylic acids is 1. The molecule has 0 aliphatic carbocycles. The van der Waals surface area contributed by atoms with Gasteiger partial charge in [0.1, 0.15) is 5.69 Å². The number of anilines is 2. The van der Waals surface area contributed by atoms with Gasteiger partial charge in [0.05, 0.1) is 4.92 Å². The van der Waals surface area contributed by atoms with Crippen molar-refractivity contribution in [2.75, 3.05) is 36.4 Å². The fourth-order valence-corrected chi connectivity index (χ4v) is 4.21. The number of hydrogen-bond acceptors (Lipinski definition) is 5. The molecule has 0 aromatic heterocycles. The average molecular weight is 491 g/mol. The Morgan fingerprint density at radius 3 is 2.37 bits per heavy atom. The van der Waals surface area contributed by atoms with E-state index in [1.54, 1.807) is 36.4 Å². The minimum atomic E-state index is -0.368. The highest BCUT2D eigenvalue weighted by Crippen LogP contribution is 2.32. The number of hydrogen-bond donors (Lipinski definition) is 1. The van der Waals surface area contributed by atoms with Gasteiger partial charge in [0, 0.05) is 55.1 Å². The molecule has 1 unspecified atom stereocenters. The van der Waals surface area contributed by atoms with Crippen molar-refractivity contribution in [3.63, 3.8) is 0 Å². The second kappa shape index (κ2) is 11.1. The molecule has 1 fully saturated rings. The monoisotopic (exact) mass is 490 g/mol. The molecule has 3 aromatic carbocycles. The number of rotatable bonds is 7. The Labute approximate surface area is 209 Å². The number of halogens is 1. The molecule has 1 aliphatic heterocycles. The topological polar surface area (TPSA) is 78.7 Å². The maximum Gasteiger partial charge on any atom is 0.292 e. The molecule has 1 atom stereocenters. The van der Waals surface area contributed by atoms with E-state index in [0.29, 0.717) is 36.9 Å². The lowest BCUT2D eigenvalue weighted by atomic mass is 10.1. The molecule has 35 heavy (non-hydrogen) atoms. The van der Waals surface area contributed by atoms with Gasteiger partial charge in [0.2, 0.25) is 5.91 Å². The van der Waals surface area contributed by atoms with Gasteiger partial charge < -0.3 is 15.1 Å². The van der Waals surface area contributed by atoms with Gasteiger partial charge in [-0.25, -0.2) is 0 Å². The minimum absolute atomic E-state index is 0.0395. The maximum absolute atomic E-state index is 12.6. The van der Waals surface area contributed by atoms with Gasteiger partial charge in [-0.3, -0.25) is 14.9 Å². The highest BCUT2D eigenvalue weighted by molar-refractivity contribution is 6.30. The Hall–Kier alpha value is -3.84. The fraction of sp³-hybridized carbons (Fsp3) is 0.222. The van der Waals surface area contributed by atoms with Gasteiger partial charge >= 0.3 is 0 Å². The molecule has 0 bridgehead atoms. The first-order valence-corrected chi connectivity index (χ1v) is 11.9. The largest absolute Gasteiger partial charge is 0.373 e. The highest BCUT2D eigenvalue weighted by atomic mass is 35.5. The van der Waals surface area contributed by atoms with Crippen LogP contribution < -0.4 is 10.2 Å². The summed E-state index contributed by atoms with van der Waals surface area (Å²) in [5.74, 6) is -0.0395. The first-order valence-electron chi connectivity index (χ1n) is 11.5. The smallest absolute Gasteiger partial charge is 0.292 e. The molecule has 180 valence electrons. The van der Waals surface area contributed by atoms with Crippen LogP contribution in [0.15, 0.2) is 78.9 Å². The van der Waals surface area contributed by atoms with Crippen LogP contribution in [0.3, 0.4) is 0 Å². The molecule has 7 nitrogen and oxygen atoms in total. The summed E-state index contributed by atoms with van der Waals surface area (Å²) in [6.07, 6.45) is 3.37. The van der Waals surface area contributed by atoms with Crippen LogP contribution in [-0.4, -0.2) is 41.9 Å². The third kappa shape index (κ3) is 6.19. The molecule has 0 saturated carbocycles. The van der Waals surface area contributed by atoms with Crippen LogP contribution in [0.5, 0.6) is 0 Å². The Bertz CT molecular complexity index is 1210. The van der Waals surface area contributed by atoms with Gasteiger partial charge in [-0.15, -0.1) is 0 Å². The average Bonchev–Trinajstić information content (AvgIpc) is 2.88. The van der Waals surface area contributed by atoms with Gasteiger partial charge in [-0.05, 0) is 48.4 Å². The third-order valence-corrected chi connectivity index (χ3v) is 6.35. The summed E-state index contributed by atoms with van der Waals surface area (Å²) in [5, 5.41) is 15.6. The number of amides is 1. The Balaban J connectivity index is 1.41. The van der Waals surface area contributed by atoms with Crippen LogP contribution in [0.4, 0.5) is 17.1 Å². The van der Waals surface area contributed by atoms with Crippen LogP contribution in [-0.2, 0) is 4.79 Å². The second-order valence-electron chi connectivity index (χ2n) is 8.43. The fourth-order valence-electron chi connectivity index (χ4n) is 4.09. The summed E-state index contributed by atoms with van der Waals surface area (Å²) in [6, 6.07) is 22.2. The van der Waals surface area contributed by atoms with E-state index in [1.807, 2.05) is 60.4 Å². The van der Waals surface area contributed by atoms with Crippen molar-refractivity contribution in [2.45, 2.75) is 13.0 Å². The Kier molecular flexibility index (Phi) is 7.67. The summed E-state index contributed by atoms with van der Waals surface area (Å²) in [5.41, 5.74) is 3.37. The zero-order valence-corrected chi connectivity index (χ0v) is 20.2. The number of nitrogens with zero attached hydrogens (tertiary/aromatic N) is 3. The SMILES string of the molecule is CC(Nc1cc(N2CCN(C(=O)C=Cc3ccc(Cl)cc3)CC2)ccc1[N+](=O)[O-])c1ccccc1. The number of nitro groups is 1. The standard InChI is InChI=1S/C27H27ClN4O3/c1-20(22-5-3-2-4-6-22)29-25-19-24(12-13-26(25)32(34)35)30-15-17-31(18-16-30)27(33)14-9-21-7-10-23(28)11-8-21/h2-14,19-20,29H,15-18H2,1H3. The molecule has 0 radical (unpaired) electrons. The van der Waals surface area contributed by atoms with Crippen molar-refractivity contribution in [1.82, 2.24) is 4.90 Å². The quantitative estimate of drug-likeness (QED) is 0.258. The van der Waals surface area contributed by atoms with Crippen LogP contribution in [0.25, 0.3) is 6.08 Å². The summed E-state index contributed by atoms with van der Waals surface area (Å²) in [4.78, 5) is 27.8.